The van der Waals surface area contributed by atoms with Gasteiger partial charge >= 0.3 is 11.9 Å². The van der Waals surface area contributed by atoms with Crippen LogP contribution in [0.25, 0.3) is 6.08 Å². The second kappa shape index (κ2) is 13.0. The van der Waals surface area contributed by atoms with Gasteiger partial charge in [-0.3, -0.25) is 4.79 Å². The summed E-state index contributed by atoms with van der Waals surface area (Å²) in [6, 6.07) is 4.24. The number of aliphatic hydroxyl groups is 6. The van der Waals surface area contributed by atoms with E-state index >= 15 is 0 Å². The summed E-state index contributed by atoms with van der Waals surface area (Å²) in [5, 5.41) is 70.3. The maximum Gasteiger partial charge on any atom is 0.331 e. The van der Waals surface area contributed by atoms with E-state index in [2.05, 4.69) is 0 Å². The van der Waals surface area contributed by atoms with Gasteiger partial charge in [0.1, 0.15) is 43.2 Å². The third kappa shape index (κ3) is 6.84. The van der Waals surface area contributed by atoms with Gasteiger partial charge in [0.2, 0.25) is 5.79 Å². The highest BCUT2D eigenvalue weighted by atomic mass is 16.8. The number of rotatable bonds is 10. The standard InChI is InChI=1S/C24H32O15/c1-11(27)35-10-24(39-23-21(33)20(32)18(30)15(8-25)36-23)22(19(31)16(9-26)38-24)37-17(29)6-4-12-3-5-13(28)14(7-12)34-2/h3-7,15-16,18-23,25-26,28,30-33H,8-10H2,1-2H3/t15-,16-,18-,19-,20+,21-,22+,23-,24+/m1/s1. The zero-order chi connectivity index (χ0) is 28.9. The Balaban J connectivity index is 1.90. The Kier molecular flexibility index (Phi) is 10.2. The van der Waals surface area contributed by atoms with Crippen LogP contribution in [0.2, 0.25) is 0 Å². The van der Waals surface area contributed by atoms with E-state index in [4.69, 9.17) is 28.4 Å². The number of carbonyl (C=O) groups excluding carboxylic acids is 2. The van der Waals surface area contributed by atoms with Crippen LogP contribution < -0.4 is 4.74 Å². The van der Waals surface area contributed by atoms with E-state index in [0.717, 1.165) is 13.0 Å². The van der Waals surface area contributed by atoms with E-state index in [1.165, 1.54) is 31.4 Å². The lowest BCUT2D eigenvalue weighted by molar-refractivity contribution is -0.383. The molecule has 0 saturated carbocycles. The quantitative estimate of drug-likeness (QED) is 0.113. The molecule has 9 atom stereocenters. The number of phenolic OH excluding ortho intramolecular Hbond substituents is 1. The van der Waals surface area contributed by atoms with Gasteiger partial charge in [-0.15, -0.1) is 0 Å². The van der Waals surface area contributed by atoms with Gasteiger partial charge in [-0.2, -0.15) is 0 Å². The van der Waals surface area contributed by atoms with Crippen LogP contribution in [0.5, 0.6) is 11.5 Å². The second-order valence-corrected chi connectivity index (χ2v) is 8.86. The number of carbonyl (C=O) groups is 2. The molecule has 39 heavy (non-hydrogen) atoms. The maximum absolute atomic E-state index is 12.7. The third-order valence-electron chi connectivity index (χ3n) is 6.15. The van der Waals surface area contributed by atoms with Crippen LogP contribution in [0.1, 0.15) is 12.5 Å². The number of hydrogen-bond acceptors (Lipinski definition) is 15. The zero-order valence-electron chi connectivity index (χ0n) is 21.0. The van der Waals surface area contributed by atoms with Gasteiger partial charge in [-0.05, 0) is 23.8 Å². The summed E-state index contributed by atoms with van der Waals surface area (Å²) in [5.74, 6) is -4.23. The number of benzene rings is 1. The largest absolute Gasteiger partial charge is 0.504 e. The summed E-state index contributed by atoms with van der Waals surface area (Å²) in [5.41, 5.74) is 0.432. The Labute approximate surface area is 222 Å². The molecule has 2 aliphatic heterocycles. The fraction of sp³-hybridized carbons (Fsp3) is 0.583. The summed E-state index contributed by atoms with van der Waals surface area (Å²) in [6.07, 6.45) is -11.4. The summed E-state index contributed by atoms with van der Waals surface area (Å²) in [4.78, 5) is 24.4. The molecule has 1 aromatic rings. The molecule has 0 aliphatic carbocycles. The first-order valence-corrected chi connectivity index (χ1v) is 11.8. The van der Waals surface area contributed by atoms with Crippen molar-refractivity contribution < 1.29 is 73.8 Å². The molecule has 0 spiro atoms. The number of hydrogen-bond donors (Lipinski definition) is 7. The molecular formula is C24H32O15. The molecule has 15 heteroatoms. The van der Waals surface area contributed by atoms with Gasteiger partial charge < -0.3 is 64.2 Å². The van der Waals surface area contributed by atoms with Crippen molar-refractivity contribution >= 4 is 18.0 Å². The SMILES string of the molecule is COc1cc(C=CC(=O)O[C@H]2[C@H](O)[C@@H](CO)O[C@@]2(COC(C)=O)O[C@H]2O[C@H](CO)[C@@H](O)[C@H](O)[C@H]2O)ccc1O. The predicted molar refractivity (Wildman–Crippen MR) is 126 cm³/mol. The monoisotopic (exact) mass is 560 g/mol. The predicted octanol–water partition coefficient (Wildman–Crippen LogP) is -2.85. The van der Waals surface area contributed by atoms with Crippen LogP contribution in [0, 0.1) is 0 Å². The lowest BCUT2D eigenvalue weighted by Crippen LogP contribution is -2.63. The molecule has 0 amide bonds. The highest BCUT2D eigenvalue weighted by Crippen LogP contribution is 2.38. The minimum Gasteiger partial charge on any atom is -0.504 e. The molecule has 1 aromatic carbocycles. The van der Waals surface area contributed by atoms with E-state index in [1.807, 2.05) is 0 Å². The molecule has 2 saturated heterocycles. The summed E-state index contributed by atoms with van der Waals surface area (Å²) < 4.78 is 32.0. The van der Waals surface area contributed by atoms with Gasteiger partial charge in [-0.1, -0.05) is 6.07 Å². The number of aliphatic hydroxyl groups excluding tert-OH is 6. The van der Waals surface area contributed by atoms with Gasteiger partial charge in [0.15, 0.2) is 23.9 Å². The van der Waals surface area contributed by atoms with Crippen molar-refractivity contribution in [1.82, 2.24) is 0 Å². The molecule has 2 fully saturated rings. The van der Waals surface area contributed by atoms with Gasteiger partial charge in [-0.25, -0.2) is 4.79 Å². The van der Waals surface area contributed by atoms with Crippen LogP contribution in [0.15, 0.2) is 24.3 Å². The van der Waals surface area contributed by atoms with Crippen molar-refractivity contribution in [2.75, 3.05) is 26.9 Å². The summed E-state index contributed by atoms with van der Waals surface area (Å²) in [7, 11) is 1.34. The van der Waals surface area contributed by atoms with Gasteiger partial charge in [0, 0.05) is 13.0 Å². The average molecular weight is 561 g/mol. The van der Waals surface area contributed by atoms with E-state index in [-0.39, 0.29) is 11.5 Å². The van der Waals surface area contributed by atoms with Crippen molar-refractivity contribution in [3.8, 4) is 11.5 Å². The van der Waals surface area contributed by atoms with Crippen molar-refractivity contribution in [2.45, 2.75) is 61.7 Å². The second-order valence-electron chi connectivity index (χ2n) is 8.86. The first-order chi connectivity index (χ1) is 18.5. The number of aromatic hydroxyl groups is 1. The third-order valence-corrected chi connectivity index (χ3v) is 6.15. The van der Waals surface area contributed by atoms with Crippen molar-refractivity contribution in [1.29, 1.82) is 0 Å². The van der Waals surface area contributed by atoms with Crippen LogP contribution in [-0.2, 0) is 33.3 Å². The molecule has 218 valence electrons. The Hall–Kier alpha value is -2.86. The molecule has 0 bridgehead atoms. The minimum absolute atomic E-state index is 0.126. The fourth-order valence-corrected chi connectivity index (χ4v) is 4.09. The number of phenols is 1. The first-order valence-electron chi connectivity index (χ1n) is 11.8. The van der Waals surface area contributed by atoms with Crippen molar-refractivity contribution in [2.24, 2.45) is 0 Å². The topological polar surface area (TPSA) is 231 Å². The van der Waals surface area contributed by atoms with E-state index in [9.17, 15) is 45.3 Å². The smallest absolute Gasteiger partial charge is 0.331 e. The lowest BCUT2D eigenvalue weighted by atomic mass is 9.99. The molecule has 7 N–H and O–H groups in total. The summed E-state index contributed by atoms with van der Waals surface area (Å²) in [6.45, 7) is -1.36. The van der Waals surface area contributed by atoms with Gasteiger partial charge in [0.25, 0.3) is 0 Å². The van der Waals surface area contributed by atoms with E-state index < -0.39 is 86.6 Å². The highest BCUT2D eigenvalue weighted by molar-refractivity contribution is 5.87. The average Bonchev–Trinajstić information content (AvgIpc) is 3.17. The van der Waals surface area contributed by atoms with Gasteiger partial charge in [0.05, 0.1) is 20.3 Å². The summed E-state index contributed by atoms with van der Waals surface area (Å²) >= 11 is 0. The first kappa shape index (κ1) is 30.7. The number of ether oxygens (including phenoxy) is 6. The molecule has 3 rings (SSSR count). The number of methoxy groups -OCH3 is 1. The van der Waals surface area contributed by atoms with Crippen LogP contribution in [0.4, 0.5) is 0 Å². The Bertz CT molecular complexity index is 1030. The van der Waals surface area contributed by atoms with Crippen LogP contribution >= 0.6 is 0 Å². The molecule has 15 nitrogen and oxygen atoms in total. The molecule has 2 aliphatic rings. The normalized spacial score (nSPS) is 34.7. The Morgan fingerprint density at radius 3 is 2.33 bits per heavy atom. The molecular weight excluding hydrogens is 528 g/mol. The molecule has 0 radical (unpaired) electrons. The number of esters is 2. The van der Waals surface area contributed by atoms with E-state index in [0.29, 0.717) is 5.56 Å². The van der Waals surface area contributed by atoms with Crippen molar-refractivity contribution in [3.63, 3.8) is 0 Å². The zero-order valence-corrected chi connectivity index (χ0v) is 21.0. The fourth-order valence-electron chi connectivity index (χ4n) is 4.09. The lowest BCUT2D eigenvalue weighted by Gasteiger charge is -2.43. The molecule has 0 aromatic heterocycles. The van der Waals surface area contributed by atoms with E-state index in [1.54, 1.807) is 0 Å². The highest BCUT2D eigenvalue weighted by Gasteiger charge is 2.61. The Morgan fingerprint density at radius 1 is 1.03 bits per heavy atom. The maximum atomic E-state index is 12.7. The van der Waals surface area contributed by atoms with Crippen LogP contribution in [0.3, 0.4) is 0 Å². The minimum atomic E-state index is -2.38. The molecule has 0 unspecified atom stereocenters. The Morgan fingerprint density at radius 2 is 1.72 bits per heavy atom. The van der Waals surface area contributed by atoms with Crippen LogP contribution in [-0.4, -0.2) is 129 Å². The van der Waals surface area contributed by atoms with Crippen molar-refractivity contribution in [3.05, 3.63) is 29.8 Å². The molecule has 2 heterocycles.